The molecular weight excluding hydrogens is 398 g/mol. The van der Waals surface area contributed by atoms with Crippen molar-refractivity contribution in [3.8, 4) is 11.5 Å². The number of hydrogen-bond acceptors (Lipinski definition) is 6. The Hall–Kier alpha value is -3.58. The number of rotatable bonds is 7. The number of amides is 1. The molecule has 0 fully saturated rings. The van der Waals surface area contributed by atoms with E-state index in [-0.39, 0.29) is 30.0 Å². The van der Waals surface area contributed by atoms with Gasteiger partial charge in [0.2, 0.25) is 0 Å². The molecule has 1 amide bonds. The van der Waals surface area contributed by atoms with Crippen LogP contribution < -0.4 is 20.4 Å². The van der Waals surface area contributed by atoms with E-state index in [4.69, 9.17) is 25.5 Å². The van der Waals surface area contributed by atoms with Crippen LogP contribution in [0.1, 0.15) is 10.4 Å². The van der Waals surface area contributed by atoms with Crippen molar-refractivity contribution < 1.29 is 23.5 Å². The Labute approximate surface area is 170 Å². The highest BCUT2D eigenvalue weighted by Gasteiger charge is 2.14. The maximum atomic E-state index is 12.1. The number of carbonyl (C=O) groups is 2. The fourth-order valence-electron chi connectivity index (χ4n) is 2.41. The highest BCUT2D eigenvalue weighted by Crippen LogP contribution is 2.21. The second-order valence-corrected chi connectivity index (χ2v) is 6.30. The topological polar surface area (TPSA) is 94.8 Å². The zero-order valence-electron chi connectivity index (χ0n) is 15.1. The van der Waals surface area contributed by atoms with Gasteiger partial charge in [0.05, 0.1) is 0 Å². The lowest BCUT2D eigenvalue weighted by Crippen LogP contribution is -2.28. The standard InChI is InChI=1S/C21H16ClNO6/c1-2-9-23-20(25)17-10-13-3-6-16(11-18(13)29-21(17)26)28-19(24)12-27-15-7-4-14(22)5-8-15/h2-8,10-11H,1,9,12H2,(H,23,25). The summed E-state index contributed by atoms with van der Waals surface area (Å²) < 4.78 is 15.7. The van der Waals surface area contributed by atoms with E-state index >= 15 is 0 Å². The first kappa shape index (κ1) is 20.2. The third-order valence-electron chi connectivity index (χ3n) is 3.76. The van der Waals surface area contributed by atoms with E-state index in [1.54, 1.807) is 30.3 Å². The van der Waals surface area contributed by atoms with Crippen molar-refractivity contribution in [3.05, 3.63) is 82.2 Å². The summed E-state index contributed by atoms with van der Waals surface area (Å²) in [7, 11) is 0. The molecule has 0 aliphatic carbocycles. The number of fused-ring (bicyclic) bond motifs is 1. The summed E-state index contributed by atoms with van der Waals surface area (Å²) in [4.78, 5) is 36.0. The fourth-order valence-corrected chi connectivity index (χ4v) is 2.53. The second-order valence-electron chi connectivity index (χ2n) is 5.86. The number of halogens is 1. The van der Waals surface area contributed by atoms with Crippen LogP contribution in [0.3, 0.4) is 0 Å². The molecule has 1 heterocycles. The van der Waals surface area contributed by atoms with Crippen molar-refractivity contribution in [3.63, 3.8) is 0 Å². The van der Waals surface area contributed by atoms with Crippen molar-refractivity contribution in [2.75, 3.05) is 13.2 Å². The normalized spacial score (nSPS) is 10.4. The van der Waals surface area contributed by atoms with E-state index in [1.165, 1.54) is 24.3 Å². The van der Waals surface area contributed by atoms with Crippen LogP contribution in [0.2, 0.25) is 5.02 Å². The average Bonchev–Trinajstić information content (AvgIpc) is 2.71. The van der Waals surface area contributed by atoms with E-state index in [1.807, 2.05) is 0 Å². The van der Waals surface area contributed by atoms with Crippen molar-refractivity contribution in [2.45, 2.75) is 0 Å². The number of esters is 1. The van der Waals surface area contributed by atoms with E-state index in [0.717, 1.165) is 0 Å². The Morgan fingerprint density at radius 1 is 1.10 bits per heavy atom. The molecule has 29 heavy (non-hydrogen) atoms. The summed E-state index contributed by atoms with van der Waals surface area (Å²) >= 11 is 5.79. The average molecular weight is 414 g/mol. The summed E-state index contributed by atoms with van der Waals surface area (Å²) in [6.07, 6.45) is 1.50. The maximum absolute atomic E-state index is 12.1. The summed E-state index contributed by atoms with van der Waals surface area (Å²) in [5.41, 5.74) is -0.742. The van der Waals surface area contributed by atoms with Crippen LogP contribution in [0.15, 0.2) is 70.4 Å². The lowest BCUT2D eigenvalue weighted by atomic mass is 10.1. The predicted octanol–water partition coefficient (Wildman–Crippen LogP) is 3.35. The van der Waals surface area contributed by atoms with E-state index in [9.17, 15) is 14.4 Å². The van der Waals surface area contributed by atoms with Gasteiger partial charge in [0, 0.05) is 23.0 Å². The van der Waals surface area contributed by atoms with Gasteiger partial charge in [-0.05, 0) is 42.5 Å². The molecule has 148 valence electrons. The zero-order chi connectivity index (χ0) is 20.8. The van der Waals surface area contributed by atoms with Crippen LogP contribution in [0.5, 0.6) is 11.5 Å². The summed E-state index contributed by atoms with van der Waals surface area (Å²) in [6, 6.07) is 12.4. The van der Waals surface area contributed by atoms with Gasteiger partial charge in [0.25, 0.3) is 5.91 Å². The molecule has 0 saturated carbocycles. The molecule has 1 aromatic heterocycles. The molecule has 0 unspecified atom stereocenters. The SMILES string of the molecule is C=CCNC(=O)c1cc2ccc(OC(=O)COc3ccc(Cl)cc3)cc2oc1=O. The first-order valence-electron chi connectivity index (χ1n) is 8.52. The molecule has 0 spiro atoms. The minimum atomic E-state index is -0.798. The number of nitrogens with one attached hydrogen (secondary N) is 1. The molecule has 0 atom stereocenters. The van der Waals surface area contributed by atoms with Gasteiger partial charge in [-0.25, -0.2) is 9.59 Å². The van der Waals surface area contributed by atoms with Crippen LogP contribution in [0, 0.1) is 0 Å². The molecular formula is C21H16ClNO6. The molecule has 3 rings (SSSR count). The molecule has 2 aromatic carbocycles. The zero-order valence-corrected chi connectivity index (χ0v) is 15.9. The predicted molar refractivity (Wildman–Crippen MR) is 108 cm³/mol. The van der Waals surface area contributed by atoms with Crippen LogP contribution in [-0.2, 0) is 4.79 Å². The van der Waals surface area contributed by atoms with E-state index in [2.05, 4.69) is 11.9 Å². The van der Waals surface area contributed by atoms with Gasteiger partial charge in [-0.3, -0.25) is 4.79 Å². The Balaban J connectivity index is 1.69. The quantitative estimate of drug-likeness (QED) is 0.276. The number of carbonyl (C=O) groups excluding carboxylic acids is 2. The van der Waals surface area contributed by atoms with Crippen molar-refractivity contribution in [1.29, 1.82) is 0 Å². The van der Waals surface area contributed by atoms with Gasteiger partial charge >= 0.3 is 11.6 Å². The second kappa shape index (κ2) is 9.07. The van der Waals surface area contributed by atoms with Crippen molar-refractivity contribution in [1.82, 2.24) is 5.32 Å². The number of benzene rings is 2. The minimum absolute atomic E-state index is 0.125. The Bertz CT molecular complexity index is 1120. The molecule has 0 radical (unpaired) electrons. The lowest BCUT2D eigenvalue weighted by molar-refractivity contribution is -0.136. The Morgan fingerprint density at radius 3 is 2.55 bits per heavy atom. The van der Waals surface area contributed by atoms with Gasteiger partial charge in [-0.2, -0.15) is 0 Å². The van der Waals surface area contributed by atoms with Crippen molar-refractivity contribution in [2.24, 2.45) is 0 Å². The number of ether oxygens (including phenoxy) is 2. The monoisotopic (exact) mass is 413 g/mol. The molecule has 8 heteroatoms. The third kappa shape index (κ3) is 5.24. The van der Waals surface area contributed by atoms with Crippen LogP contribution in [0.4, 0.5) is 0 Å². The minimum Gasteiger partial charge on any atom is -0.482 e. The van der Waals surface area contributed by atoms with Crippen LogP contribution in [-0.4, -0.2) is 25.0 Å². The molecule has 7 nitrogen and oxygen atoms in total. The summed E-state index contributed by atoms with van der Waals surface area (Å²) in [5, 5.41) is 3.57. The first-order chi connectivity index (χ1) is 14.0. The molecule has 0 aliphatic heterocycles. The summed E-state index contributed by atoms with van der Waals surface area (Å²) in [6.45, 7) is 3.41. The summed E-state index contributed by atoms with van der Waals surface area (Å²) in [5.74, 6) is -0.551. The molecule has 3 aromatic rings. The lowest BCUT2D eigenvalue weighted by Gasteiger charge is -2.08. The molecule has 0 bridgehead atoms. The van der Waals surface area contributed by atoms with E-state index in [0.29, 0.717) is 16.2 Å². The highest BCUT2D eigenvalue weighted by atomic mass is 35.5. The Kier molecular flexibility index (Phi) is 6.31. The molecule has 0 aliphatic rings. The molecule has 0 saturated heterocycles. The van der Waals surface area contributed by atoms with Gasteiger partial charge in [0.1, 0.15) is 22.6 Å². The van der Waals surface area contributed by atoms with Gasteiger partial charge in [-0.1, -0.05) is 17.7 Å². The van der Waals surface area contributed by atoms with Crippen LogP contribution >= 0.6 is 11.6 Å². The third-order valence-corrected chi connectivity index (χ3v) is 4.01. The smallest absolute Gasteiger partial charge is 0.349 e. The van der Waals surface area contributed by atoms with Gasteiger partial charge in [0.15, 0.2) is 6.61 Å². The van der Waals surface area contributed by atoms with Crippen LogP contribution in [0.25, 0.3) is 11.0 Å². The van der Waals surface area contributed by atoms with E-state index < -0.39 is 17.5 Å². The number of hydrogen-bond donors (Lipinski definition) is 1. The largest absolute Gasteiger partial charge is 0.482 e. The van der Waals surface area contributed by atoms with Crippen molar-refractivity contribution >= 4 is 34.4 Å². The highest BCUT2D eigenvalue weighted by molar-refractivity contribution is 6.30. The fraction of sp³-hybridized carbons (Fsp3) is 0.0952. The maximum Gasteiger partial charge on any atom is 0.349 e. The first-order valence-corrected chi connectivity index (χ1v) is 8.90. The molecule has 1 N–H and O–H groups in total. The van der Waals surface area contributed by atoms with Gasteiger partial charge in [-0.15, -0.1) is 6.58 Å². The Morgan fingerprint density at radius 2 is 1.83 bits per heavy atom. The van der Waals surface area contributed by atoms with Gasteiger partial charge < -0.3 is 19.2 Å².